The zero-order valence-electron chi connectivity index (χ0n) is 18.3. The van der Waals surface area contributed by atoms with Crippen molar-refractivity contribution in [2.24, 2.45) is 0 Å². The highest BCUT2D eigenvalue weighted by molar-refractivity contribution is 5.76. The number of rotatable bonds is 9. The molecule has 2 aromatic rings. The van der Waals surface area contributed by atoms with Gasteiger partial charge in [-0.3, -0.25) is 9.78 Å². The molecule has 0 aromatic carbocycles. The summed E-state index contributed by atoms with van der Waals surface area (Å²) in [6, 6.07) is 1.95. The molecule has 3 rings (SSSR count). The van der Waals surface area contributed by atoms with Crippen LogP contribution in [0.4, 0.5) is 10.3 Å². The van der Waals surface area contributed by atoms with Gasteiger partial charge in [-0.2, -0.15) is 5.26 Å². The van der Waals surface area contributed by atoms with E-state index >= 15 is 0 Å². The standard InChI is InChI=1S/C22H27FN6O3/c1-16-15-32-21-17(9-24)10-25-11-18(21)14-29(16)20(30)5-3-6-28(7-4-8-31-2)22-26-12-19(23)13-27-22/h10-13,16H,3-8,14-15H2,1-2H3/t16-/m1/s1. The van der Waals surface area contributed by atoms with E-state index in [9.17, 15) is 14.4 Å². The fraction of sp³-hybridized carbons (Fsp3) is 0.500. The maximum absolute atomic E-state index is 13.2. The minimum absolute atomic E-state index is 0.00632. The minimum atomic E-state index is -0.493. The van der Waals surface area contributed by atoms with E-state index in [0.29, 0.717) is 63.0 Å². The number of nitrogens with zero attached hydrogens (tertiary/aromatic N) is 6. The summed E-state index contributed by atoms with van der Waals surface area (Å²) in [7, 11) is 1.64. The van der Waals surface area contributed by atoms with Crippen LogP contribution in [0.25, 0.3) is 0 Å². The predicted octanol–water partition coefficient (Wildman–Crippen LogP) is 2.32. The highest BCUT2D eigenvalue weighted by atomic mass is 19.1. The molecule has 170 valence electrons. The van der Waals surface area contributed by atoms with Crippen molar-refractivity contribution >= 4 is 11.9 Å². The zero-order valence-corrected chi connectivity index (χ0v) is 18.3. The van der Waals surface area contributed by atoms with E-state index in [4.69, 9.17) is 9.47 Å². The number of nitriles is 1. The topological polar surface area (TPSA) is 104 Å². The van der Waals surface area contributed by atoms with Gasteiger partial charge in [-0.05, 0) is 19.8 Å². The van der Waals surface area contributed by atoms with Crippen LogP contribution in [0.3, 0.4) is 0 Å². The van der Waals surface area contributed by atoms with Crippen LogP contribution in [0.15, 0.2) is 24.8 Å². The van der Waals surface area contributed by atoms with Gasteiger partial charge in [0.05, 0.1) is 25.0 Å². The SMILES string of the molecule is COCCCN(CCCC(=O)N1Cc2cncc(C#N)c2OC[C@H]1C)c1ncc(F)cn1. The summed E-state index contributed by atoms with van der Waals surface area (Å²) >= 11 is 0. The third kappa shape index (κ3) is 5.88. The van der Waals surface area contributed by atoms with Gasteiger partial charge in [-0.15, -0.1) is 0 Å². The van der Waals surface area contributed by atoms with Crippen LogP contribution in [0.5, 0.6) is 5.75 Å². The predicted molar refractivity (Wildman–Crippen MR) is 114 cm³/mol. The molecule has 0 saturated heterocycles. The zero-order chi connectivity index (χ0) is 22.9. The summed E-state index contributed by atoms with van der Waals surface area (Å²) in [5.74, 6) is 0.429. The Bertz CT molecular complexity index is 950. The maximum Gasteiger partial charge on any atom is 0.225 e. The van der Waals surface area contributed by atoms with Crippen LogP contribution < -0.4 is 9.64 Å². The molecule has 0 saturated carbocycles. The van der Waals surface area contributed by atoms with Crippen LogP contribution >= 0.6 is 0 Å². The molecule has 1 atom stereocenters. The number of halogens is 1. The van der Waals surface area contributed by atoms with Gasteiger partial charge in [0.15, 0.2) is 5.82 Å². The molecule has 2 aromatic heterocycles. The molecular formula is C22H27FN6O3. The number of carbonyl (C=O) groups is 1. The van der Waals surface area contributed by atoms with Gasteiger partial charge in [0.1, 0.15) is 24.0 Å². The second-order valence-electron chi connectivity index (χ2n) is 7.61. The van der Waals surface area contributed by atoms with E-state index in [1.54, 1.807) is 18.2 Å². The molecule has 1 aliphatic heterocycles. The molecule has 32 heavy (non-hydrogen) atoms. The van der Waals surface area contributed by atoms with Gasteiger partial charge < -0.3 is 19.3 Å². The summed E-state index contributed by atoms with van der Waals surface area (Å²) < 4.78 is 24.1. The summed E-state index contributed by atoms with van der Waals surface area (Å²) in [5.41, 5.74) is 1.10. The lowest BCUT2D eigenvalue weighted by Crippen LogP contribution is -2.40. The maximum atomic E-state index is 13.2. The van der Waals surface area contributed by atoms with Crippen LogP contribution in [-0.4, -0.2) is 65.2 Å². The summed E-state index contributed by atoms with van der Waals surface area (Å²) in [4.78, 5) is 28.9. The first-order chi connectivity index (χ1) is 15.5. The third-order valence-corrected chi connectivity index (χ3v) is 5.24. The Balaban J connectivity index is 1.62. The second kappa shape index (κ2) is 11.3. The Hall–Kier alpha value is -3.32. The van der Waals surface area contributed by atoms with E-state index in [0.717, 1.165) is 24.4 Å². The monoisotopic (exact) mass is 442 g/mol. The molecule has 10 heteroatoms. The molecule has 0 spiro atoms. The van der Waals surface area contributed by atoms with Crippen molar-refractivity contribution in [1.29, 1.82) is 5.26 Å². The molecule has 0 unspecified atom stereocenters. The molecule has 0 aliphatic carbocycles. The lowest BCUT2D eigenvalue weighted by atomic mass is 10.1. The first-order valence-electron chi connectivity index (χ1n) is 10.5. The van der Waals surface area contributed by atoms with Crippen molar-refractivity contribution in [2.45, 2.75) is 38.8 Å². The van der Waals surface area contributed by atoms with Crippen LogP contribution in [0.1, 0.15) is 37.3 Å². The summed E-state index contributed by atoms with van der Waals surface area (Å²) in [5, 5.41) is 9.29. The summed E-state index contributed by atoms with van der Waals surface area (Å²) in [6.45, 7) is 4.35. The average Bonchev–Trinajstić information content (AvgIpc) is 2.97. The Labute approximate surface area is 186 Å². The number of pyridine rings is 1. The number of hydrogen-bond donors (Lipinski definition) is 0. The number of fused-ring (bicyclic) bond motifs is 1. The van der Waals surface area contributed by atoms with Crippen molar-refractivity contribution in [3.8, 4) is 11.8 Å². The highest BCUT2D eigenvalue weighted by Gasteiger charge is 2.27. The second-order valence-corrected chi connectivity index (χ2v) is 7.61. The molecule has 0 radical (unpaired) electrons. The number of aromatic nitrogens is 3. The normalized spacial score (nSPS) is 15.3. The Kier molecular flexibility index (Phi) is 8.27. The molecule has 9 nitrogen and oxygen atoms in total. The van der Waals surface area contributed by atoms with Crippen LogP contribution in [0.2, 0.25) is 0 Å². The van der Waals surface area contributed by atoms with E-state index < -0.39 is 5.82 Å². The molecule has 0 fully saturated rings. The van der Waals surface area contributed by atoms with Gasteiger partial charge in [-0.1, -0.05) is 0 Å². The van der Waals surface area contributed by atoms with Crippen molar-refractivity contribution in [1.82, 2.24) is 19.9 Å². The smallest absolute Gasteiger partial charge is 0.225 e. The lowest BCUT2D eigenvalue weighted by molar-refractivity contribution is -0.134. The molecular weight excluding hydrogens is 415 g/mol. The Morgan fingerprint density at radius 3 is 2.78 bits per heavy atom. The number of hydrogen-bond acceptors (Lipinski definition) is 8. The number of methoxy groups -OCH3 is 1. The van der Waals surface area contributed by atoms with Crippen molar-refractivity contribution < 1.29 is 18.7 Å². The highest BCUT2D eigenvalue weighted by Crippen LogP contribution is 2.28. The van der Waals surface area contributed by atoms with E-state index in [1.807, 2.05) is 11.8 Å². The third-order valence-electron chi connectivity index (χ3n) is 5.24. The molecule has 1 amide bonds. The number of amides is 1. The molecule has 3 heterocycles. The van der Waals surface area contributed by atoms with E-state index in [2.05, 4.69) is 21.0 Å². The van der Waals surface area contributed by atoms with Gasteiger partial charge in [0, 0.05) is 51.2 Å². The summed E-state index contributed by atoms with van der Waals surface area (Å²) in [6.07, 6.45) is 7.05. The Morgan fingerprint density at radius 2 is 2.06 bits per heavy atom. The first-order valence-corrected chi connectivity index (χ1v) is 10.5. The molecule has 1 aliphatic rings. The first kappa shape index (κ1) is 23.3. The molecule has 0 N–H and O–H groups in total. The number of carbonyl (C=O) groups excluding carboxylic acids is 1. The van der Waals surface area contributed by atoms with Crippen molar-refractivity contribution in [3.63, 3.8) is 0 Å². The van der Waals surface area contributed by atoms with Gasteiger partial charge in [-0.25, -0.2) is 14.4 Å². The largest absolute Gasteiger partial charge is 0.490 e. The number of anilines is 1. The lowest BCUT2D eigenvalue weighted by Gasteiger charge is -2.27. The van der Waals surface area contributed by atoms with Gasteiger partial charge >= 0.3 is 0 Å². The quantitative estimate of drug-likeness (QED) is 0.545. The van der Waals surface area contributed by atoms with Crippen LogP contribution in [0, 0.1) is 17.1 Å². The van der Waals surface area contributed by atoms with Crippen molar-refractivity contribution in [2.75, 3.05) is 38.3 Å². The molecule has 0 bridgehead atoms. The van der Waals surface area contributed by atoms with Crippen LogP contribution in [-0.2, 0) is 16.1 Å². The van der Waals surface area contributed by atoms with E-state index in [-0.39, 0.29) is 11.9 Å². The minimum Gasteiger partial charge on any atom is -0.490 e. The van der Waals surface area contributed by atoms with Gasteiger partial charge in [0.25, 0.3) is 0 Å². The fourth-order valence-electron chi connectivity index (χ4n) is 3.57. The fourth-order valence-corrected chi connectivity index (χ4v) is 3.57. The van der Waals surface area contributed by atoms with E-state index in [1.165, 1.54) is 6.20 Å². The number of ether oxygens (including phenoxy) is 2. The Morgan fingerprint density at radius 1 is 1.31 bits per heavy atom. The average molecular weight is 442 g/mol. The van der Waals surface area contributed by atoms with Gasteiger partial charge in [0.2, 0.25) is 11.9 Å². The van der Waals surface area contributed by atoms with Crippen molar-refractivity contribution in [3.05, 3.63) is 41.7 Å².